The third kappa shape index (κ3) is 4.39. The van der Waals surface area contributed by atoms with Gasteiger partial charge in [-0.1, -0.05) is 52.0 Å². The van der Waals surface area contributed by atoms with Crippen molar-refractivity contribution in [3.8, 4) is 0 Å². The van der Waals surface area contributed by atoms with Crippen LogP contribution in [0.15, 0.2) is 36.4 Å². The normalized spacial score (nSPS) is 14.1. The van der Waals surface area contributed by atoms with Crippen LogP contribution in [0.1, 0.15) is 54.8 Å². The molecule has 0 aliphatic carbocycles. The number of benzene rings is 2. The number of nitrogens with zero attached hydrogens (tertiary/aromatic N) is 2. The minimum atomic E-state index is -0.496. The lowest BCUT2D eigenvalue weighted by molar-refractivity contribution is 0.0652. The Hall–Kier alpha value is -1.77. The van der Waals surface area contributed by atoms with Gasteiger partial charge in [0.2, 0.25) is 0 Å². The zero-order chi connectivity index (χ0) is 21.0. The predicted molar refractivity (Wildman–Crippen MR) is 124 cm³/mol. The summed E-state index contributed by atoms with van der Waals surface area (Å²) in [5, 5.41) is 2.02. The molecule has 4 nitrogen and oxygen atoms in total. The highest BCUT2D eigenvalue weighted by molar-refractivity contribution is 6.72. The Morgan fingerprint density at radius 1 is 0.793 bits per heavy atom. The summed E-state index contributed by atoms with van der Waals surface area (Å²) in [5.74, 6) is -0.259. The number of carbonyl (C=O) groups is 2. The van der Waals surface area contributed by atoms with Gasteiger partial charge in [0, 0.05) is 6.54 Å². The molecule has 1 aliphatic rings. The summed E-state index contributed by atoms with van der Waals surface area (Å²) in [6.45, 7) is 10.8. The predicted octanol–water partition coefficient (Wildman–Crippen LogP) is 5.19. The van der Waals surface area contributed by atoms with E-state index < -0.39 is 17.9 Å². The molecule has 2 aromatic rings. The summed E-state index contributed by atoms with van der Waals surface area (Å²) in [7, 11) is -0.991. The number of imide groups is 1. The van der Waals surface area contributed by atoms with Crippen LogP contribution in [-0.2, 0) is 0 Å². The first-order valence-electron chi connectivity index (χ1n) is 10.9. The van der Waals surface area contributed by atoms with Gasteiger partial charge in [-0.2, -0.15) is 0 Å². The van der Waals surface area contributed by atoms with Crippen molar-refractivity contribution in [2.45, 2.75) is 58.3 Å². The second-order valence-corrected chi connectivity index (χ2v) is 14.2. The Morgan fingerprint density at radius 3 is 1.66 bits per heavy atom. The molecule has 0 saturated heterocycles. The molecule has 0 aromatic heterocycles. The molecule has 1 heterocycles. The van der Waals surface area contributed by atoms with Crippen molar-refractivity contribution in [2.24, 2.45) is 0 Å². The van der Waals surface area contributed by atoms with Crippen LogP contribution in [0.25, 0.3) is 10.8 Å². The lowest BCUT2D eigenvalue weighted by atomic mass is 10.0. The zero-order valence-electron chi connectivity index (χ0n) is 18.1. The minimum absolute atomic E-state index is 0.129. The largest absolute Gasteiger partial charge is 0.347 e. The van der Waals surface area contributed by atoms with Gasteiger partial charge in [0.1, 0.15) is 17.9 Å². The summed E-state index contributed by atoms with van der Waals surface area (Å²) in [6.07, 6.45) is 0.868. The molecule has 1 aliphatic heterocycles. The van der Waals surface area contributed by atoms with Crippen LogP contribution in [0.5, 0.6) is 0 Å². The highest BCUT2D eigenvalue weighted by Crippen LogP contribution is 2.28. The monoisotopic (exact) mass is 424 g/mol. The highest BCUT2D eigenvalue weighted by Gasteiger charge is 2.35. The number of hydrogen-bond donors (Lipinski definition) is 0. The maximum Gasteiger partial charge on any atom is 0.261 e. The summed E-state index contributed by atoms with van der Waals surface area (Å²) in [5.41, 5.74) is 1.12. The van der Waals surface area contributed by atoms with Crippen LogP contribution in [0.3, 0.4) is 0 Å². The number of carbonyl (C=O) groups excluding carboxylic acids is 2. The van der Waals surface area contributed by atoms with E-state index in [0.29, 0.717) is 17.7 Å². The Kier molecular flexibility index (Phi) is 7.43. The first kappa shape index (κ1) is 21.9. The zero-order valence-corrected chi connectivity index (χ0v) is 20.1. The quantitative estimate of drug-likeness (QED) is 0.389. The Balaban J connectivity index is 1.72. The minimum Gasteiger partial charge on any atom is -0.347 e. The summed E-state index contributed by atoms with van der Waals surface area (Å²) in [4.78, 5) is 27.3. The third-order valence-electron chi connectivity index (χ3n) is 6.00. The Morgan fingerprint density at radius 2 is 1.24 bits per heavy atom. The SMILES string of the molecule is CC[Si](CC)N(CCCN1C(=O)c2cc3ccccc3cc2C1=O)[Si](CC)CC. The number of rotatable bonds is 10. The molecule has 154 valence electrons. The average Bonchev–Trinajstić information content (AvgIpc) is 2.97. The molecule has 29 heavy (non-hydrogen) atoms. The smallest absolute Gasteiger partial charge is 0.261 e. The van der Waals surface area contributed by atoms with Crippen LogP contribution in [0.2, 0.25) is 24.2 Å². The topological polar surface area (TPSA) is 40.6 Å². The fourth-order valence-electron chi connectivity index (χ4n) is 4.37. The van der Waals surface area contributed by atoms with E-state index in [1.165, 1.54) is 29.1 Å². The highest BCUT2D eigenvalue weighted by atomic mass is 28.4. The van der Waals surface area contributed by atoms with Crippen molar-refractivity contribution in [2.75, 3.05) is 13.1 Å². The van der Waals surface area contributed by atoms with E-state index in [-0.39, 0.29) is 11.8 Å². The lowest BCUT2D eigenvalue weighted by Crippen LogP contribution is -2.49. The van der Waals surface area contributed by atoms with Crippen LogP contribution in [0.4, 0.5) is 0 Å². The molecule has 0 unspecified atom stereocenters. The molecule has 3 rings (SSSR count). The van der Waals surface area contributed by atoms with Crippen molar-refractivity contribution in [3.05, 3.63) is 47.5 Å². The first-order chi connectivity index (χ1) is 14.0. The van der Waals surface area contributed by atoms with E-state index in [9.17, 15) is 9.59 Å². The molecule has 2 radical (unpaired) electrons. The van der Waals surface area contributed by atoms with Gasteiger partial charge in [-0.15, -0.1) is 0 Å². The van der Waals surface area contributed by atoms with Gasteiger partial charge in [-0.05, 0) is 60.0 Å². The standard InChI is InChI=1S/C23H32N2O2Si2/c1-5-28(6-2)25(29(7-3)8-4)15-11-14-24-22(26)20-16-18-12-9-10-13-19(18)17-21(20)23(24)27/h9-10,12-13,16-17H,5-8,11,14-15H2,1-4H3. The molecule has 0 N–H and O–H groups in total. The van der Waals surface area contributed by atoms with Crippen LogP contribution in [-0.4, -0.2) is 52.0 Å². The fourth-order valence-corrected chi connectivity index (χ4v) is 11.5. The summed E-state index contributed by atoms with van der Waals surface area (Å²) >= 11 is 0. The second-order valence-electron chi connectivity index (χ2n) is 7.56. The number of fused-ring (bicyclic) bond motifs is 2. The Bertz CT molecular complexity index is 812. The second kappa shape index (κ2) is 9.82. The van der Waals surface area contributed by atoms with Crippen molar-refractivity contribution in [1.82, 2.24) is 9.13 Å². The summed E-state index contributed by atoms with van der Waals surface area (Å²) in [6, 6.07) is 16.7. The van der Waals surface area contributed by atoms with Gasteiger partial charge in [0.05, 0.1) is 11.1 Å². The van der Waals surface area contributed by atoms with Gasteiger partial charge < -0.3 is 4.23 Å². The molecule has 6 heteroatoms. The van der Waals surface area contributed by atoms with Gasteiger partial charge in [-0.25, -0.2) is 0 Å². The molecule has 0 atom stereocenters. The van der Waals surface area contributed by atoms with Crippen LogP contribution in [0, 0.1) is 0 Å². The molecular formula is C23H32N2O2Si2. The summed E-state index contributed by atoms with van der Waals surface area (Å²) < 4.78 is 2.81. The lowest BCUT2D eigenvalue weighted by Gasteiger charge is -2.35. The Labute approximate surface area is 178 Å². The van der Waals surface area contributed by atoms with Crippen molar-refractivity contribution < 1.29 is 9.59 Å². The molecule has 2 amide bonds. The fraction of sp³-hybridized carbons (Fsp3) is 0.478. The first-order valence-corrected chi connectivity index (χ1v) is 14.6. The van der Waals surface area contributed by atoms with E-state index >= 15 is 0 Å². The maximum absolute atomic E-state index is 12.9. The van der Waals surface area contributed by atoms with Gasteiger partial charge >= 0.3 is 0 Å². The van der Waals surface area contributed by atoms with E-state index in [1.54, 1.807) is 0 Å². The van der Waals surface area contributed by atoms with Crippen LogP contribution >= 0.6 is 0 Å². The van der Waals surface area contributed by atoms with Crippen molar-refractivity contribution >= 4 is 40.5 Å². The molecule has 0 spiro atoms. The molecule has 0 fully saturated rings. The van der Waals surface area contributed by atoms with Gasteiger partial charge in [0.15, 0.2) is 0 Å². The molecular weight excluding hydrogens is 392 g/mol. The molecule has 0 bridgehead atoms. The molecule has 0 saturated carbocycles. The van der Waals surface area contributed by atoms with Gasteiger partial charge in [-0.3, -0.25) is 14.5 Å². The van der Waals surface area contributed by atoms with Crippen molar-refractivity contribution in [1.29, 1.82) is 0 Å². The maximum atomic E-state index is 12.9. The number of amides is 2. The van der Waals surface area contributed by atoms with Crippen molar-refractivity contribution in [3.63, 3.8) is 0 Å². The van der Waals surface area contributed by atoms with E-state index in [4.69, 9.17) is 0 Å². The van der Waals surface area contributed by atoms with Gasteiger partial charge in [0.25, 0.3) is 11.8 Å². The van der Waals surface area contributed by atoms with E-state index in [1.807, 2.05) is 36.4 Å². The molecule has 2 aromatic carbocycles. The third-order valence-corrected chi connectivity index (χ3v) is 13.1. The van der Waals surface area contributed by atoms with E-state index in [0.717, 1.165) is 23.7 Å². The average molecular weight is 425 g/mol. The van der Waals surface area contributed by atoms with E-state index in [2.05, 4.69) is 31.9 Å². The van der Waals surface area contributed by atoms with Crippen LogP contribution < -0.4 is 0 Å². The number of hydrogen-bond acceptors (Lipinski definition) is 3.